The fourth-order valence-electron chi connectivity index (χ4n) is 4.39. The Balaban J connectivity index is 1.50. The number of ether oxygens (including phenoxy) is 4. The van der Waals surface area contributed by atoms with Crippen LogP contribution in [0.1, 0.15) is 12.8 Å². The van der Waals surface area contributed by atoms with Crippen molar-refractivity contribution in [3.05, 3.63) is 40.8 Å². The van der Waals surface area contributed by atoms with E-state index in [1.807, 2.05) is 30.3 Å². The second-order valence-corrected chi connectivity index (χ2v) is 7.73. The van der Waals surface area contributed by atoms with E-state index in [-0.39, 0.29) is 19.3 Å². The molecule has 1 fully saturated rings. The standard InChI is InChI=1S/C22H21N3O5/c26-22-23-21(14-3-4-17-18(9-14)28-12-27-17)15-10-19-20(30-13-29-19)11-16(15)25(22)8-7-24-5-1-2-6-24/h3-4,9-11H,1-2,5-8,12-13H2. The number of rotatable bonds is 4. The average molecular weight is 407 g/mol. The Morgan fingerprint density at radius 3 is 2.33 bits per heavy atom. The van der Waals surface area contributed by atoms with E-state index in [0.29, 0.717) is 35.2 Å². The molecule has 8 nitrogen and oxygen atoms in total. The summed E-state index contributed by atoms with van der Waals surface area (Å²) in [5.41, 5.74) is 1.93. The van der Waals surface area contributed by atoms with Gasteiger partial charge in [-0.1, -0.05) is 0 Å². The molecule has 0 N–H and O–H groups in total. The molecule has 154 valence electrons. The molecular weight excluding hydrogens is 386 g/mol. The summed E-state index contributed by atoms with van der Waals surface area (Å²) in [6.45, 7) is 3.96. The van der Waals surface area contributed by atoms with Gasteiger partial charge in [-0.15, -0.1) is 0 Å². The Labute approximate surface area is 172 Å². The molecule has 0 radical (unpaired) electrons. The predicted molar refractivity (Wildman–Crippen MR) is 109 cm³/mol. The van der Waals surface area contributed by atoms with Crippen molar-refractivity contribution in [3.63, 3.8) is 0 Å². The van der Waals surface area contributed by atoms with Crippen LogP contribution in [-0.4, -0.2) is 47.7 Å². The minimum Gasteiger partial charge on any atom is -0.454 e. The molecule has 0 saturated carbocycles. The van der Waals surface area contributed by atoms with Gasteiger partial charge in [0.15, 0.2) is 23.0 Å². The van der Waals surface area contributed by atoms with Crippen LogP contribution < -0.4 is 24.6 Å². The molecule has 1 aromatic heterocycles. The minimum atomic E-state index is -0.270. The first kappa shape index (κ1) is 17.6. The monoisotopic (exact) mass is 407 g/mol. The maximum atomic E-state index is 13.1. The first-order valence-electron chi connectivity index (χ1n) is 10.2. The normalized spacial score (nSPS) is 17.2. The molecule has 2 aromatic carbocycles. The maximum absolute atomic E-state index is 13.1. The first-order chi connectivity index (χ1) is 14.8. The molecule has 3 aliphatic rings. The van der Waals surface area contributed by atoms with Gasteiger partial charge in [0.25, 0.3) is 0 Å². The van der Waals surface area contributed by atoms with E-state index in [1.165, 1.54) is 12.8 Å². The van der Waals surface area contributed by atoms with Gasteiger partial charge in [0.2, 0.25) is 13.6 Å². The van der Waals surface area contributed by atoms with E-state index >= 15 is 0 Å². The van der Waals surface area contributed by atoms with Crippen molar-refractivity contribution in [2.24, 2.45) is 0 Å². The van der Waals surface area contributed by atoms with Crippen LogP contribution in [-0.2, 0) is 6.54 Å². The van der Waals surface area contributed by atoms with Crippen LogP contribution in [0.2, 0.25) is 0 Å². The molecular formula is C22H21N3O5. The molecule has 8 heteroatoms. The lowest BCUT2D eigenvalue weighted by molar-refractivity contribution is 0.173. The fourth-order valence-corrected chi connectivity index (χ4v) is 4.39. The number of benzene rings is 2. The Kier molecular flexibility index (Phi) is 4.05. The molecule has 30 heavy (non-hydrogen) atoms. The predicted octanol–water partition coefficient (Wildman–Crippen LogP) is 2.62. The number of hydrogen-bond acceptors (Lipinski definition) is 7. The third-order valence-electron chi connectivity index (χ3n) is 5.96. The van der Waals surface area contributed by atoms with Crippen molar-refractivity contribution < 1.29 is 18.9 Å². The summed E-state index contributed by atoms with van der Waals surface area (Å²) < 4.78 is 23.8. The van der Waals surface area contributed by atoms with Gasteiger partial charge in [0.1, 0.15) is 0 Å². The smallest absolute Gasteiger partial charge is 0.348 e. The van der Waals surface area contributed by atoms with Gasteiger partial charge >= 0.3 is 5.69 Å². The molecule has 3 aliphatic heterocycles. The molecule has 0 amide bonds. The van der Waals surface area contributed by atoms with Crippen LogP contribution >= 0.6 is 0 Å². The van der Waals surface area contributed by atoms with Crippen LogP contribution in [0, 0.1) is 0 Å². The summed E-state index contributed by atoms with van der Waals surface area (Å²) >= 11 is 0. The van der Waals surface area contributed by atoms with Crippen LogP contribution in [0.25, 0.3) is 22.2 Å². The second-order valence-electron chi connectivity index (χ2n) is 7.73. The number of likely N-dealkylation sites (tertiary alicyclic amines) is 1. The molecule has 6 rings (SSSR count). The number of aromatic nitrogens is 2. The third kappa shape index (κ3) is 2.87. The van der Waals surface area contributed by atoms with Crippen molar-refractivity contribution in [1.29, 1.82) is 0 Å². The van der Waals surface area contributed by atoms with E-state index < -0.39 is 0 Å². The number of fused-ring (bicyclic) bond motifs is 3. The van der Waals surface area contributed by atoms with Crippen LogP contribution in [0.15, 0.2) is 35.1 Å². The Bertz CT molecular complexity index is 1200. The van der Waals surface area contributed by atoms with Crippen LogP contribution in [0.4, 0.5) is 0 Å². The Morgan fingerprint density at radius 2 is 1.53 bits per heavy atom. The molecule has 1 saturated heterocycles. The highest BCUT2D eigenvalue weighted by atomic mass is 16.7. The van der Waals surface area contributed by atoms with Crippen molar-refractivity contribution in [2.75, 3.05) is 33.2 Å². The molecule has 0 unspecified atom stereocenters. The zero-order chi connectivity index (χ0) is 20.1. The SMILES string of the molecule is O=c1nc(-c2ccc3c(c2)OCO3)c2cc3c(cc2n1CCN1CCCC1)OCO3. The Morgan fingerprint density at radius 1 is 0.833 bits per heavy atom. The van der Waals surface area contributed by atoms with Gasteiger partial charge in [0, 0.05) is 30.1 Å². The average Bonchev–Trinajstić information content (AvgIpc) is 3.52. The quantitative estimate of drug-likeness (QED) is 0.658. The van der Waals surface area contributed by atoms with Gasteiger partial charge in [-0.25, -0.2) is 4.79 Å². The lowest BCUT2D eigenvalue weighted by Gasteiger charge is -2.18. The lowest BCUT2D eigenvalue weighted by atomic mass is 10.0. The summed E-state index contributed by atoms with van der Waals surface area (Å²) in [7, 11) is 0. The van der Waals surface area contributed by atoms with Gasteiger partial charge in [-0.05, 0) is 50.2 Å². The largest absolute Gasteiger partial charge is 0.454 e. The van der Waals surface area contributed by atoms with Crippen molar-refractivity contribution in [2.45, 2.75) is 19.4 Å². The third-order valence-corrected chi connectivity index (χ3v) is 5.96. The summed E-state index contributed by atoms with van der Waals surface area (Å²) in [6.07, 6.45) is 2.44. The molecule has 0 spiro atoms. The van der Waals surface area contributed by atoms with Crippen LogP contribution in [0.5, 0.6) is 23.0 Å². The molecule has 0 bridgehead atoms. The van der Waals surface area contributed by atoms with Crippen LogP contribution in [0.3, 0.4) is 0 Å². The number of nitrogens with zero attached hydrogens (tertiary/aromatic N) is 3. The molecule has 4 heterocycles. The highest BCUT2D eigenvalue weighted by Gasteiger charge is 2.22. The van der Waals surface area contributed by atoms with Gasteiger partial charge < -0.3 is 23.8 Å². The van der Waals surface area contributed by atoms with E-state index in [0.717, 1.165) is 36.1 Å². The summed E-state index contributed by atoms with van der Waals surface area (Å²) in [6, 6.07) is 9.41. The second kappa shape index (κ2) is 6.91. The van der Waals surface area contributed by atoms with E-state index in [2.05, 4.69) is 9.88 Å². The minimum absolute atomic E-state index is 0.177. The maximum Gasteiger partial charge on any atom is 0.348 e. The summed E-state index contributed by atoms with van der Waals surface area (Å²) in [4.78, 5) is 19.9. The first-order valence-corrected chi connectivity index (χ1v) is 10.2. The van der Waals surface area contributed by atoms with Gasteiger partial charge in [0.05, 0.1) is 11.2 Å². The fraction of sp³-hybridized carbons (Fsp3) is 0.364. The summed E-state index contributed by atoms with van der Waals surface area (Å²) in [5, 5.41) is 0.846. The molecule has 0 atom stereocenters. The van der Waals surface area contributed by atoms with Crippen molar-refractivity contribution in [1.82, 2.24) is 14.5 Å². The van der Waals surface area contributed by atoms with E-state index in [1.54, 1.807) is 4.57 Å². The Hall–Kier alpha value is -3.26. The van der Waals surface area contributed by atoms with Crippen molar-refractivity contribution >= 4 is 10.9 Å². The van der Waals surface area contributed by atoms with E-state index in [4.69, 9.17) is 18.9 Å². The van der Waals surface area contributed by atoms with Gasteiger partial charge in [-0.2, -0.15) is 4.98 Å². The topological polar surface area (TPSA) is 75.1 Å². The molecule has 0 aliphatic carbocycles. The van der Waals surface area contributed by atoms with Crippen molar-refractivity contribution in [3.8, 4) is 34.3 Å². The van der Waals surface area contributed by atoms with E-state index in [9.17, 15) is 4.79 Å². The zero-order valence-electron chi connectivity index (χ0n) is 16.4. The highest BCUT2D eigenvalue weighted by Crippen LogP contribution is 2.40. The molecule has 3 aromatic rings. The zero-order valence-corrected chi connectivity index (χ0v) is 16.4. The highest BCUT2D eigenvalue weighted by molar-refractivity contribution is 5.95. The number of hydrogen-bond donors (Lipinski definition) is 0. The van der Waals surface area contributed by atoms with Gasteiger partial charge in [-0.3, -0.25) is 4.57 Å². The lowest BCUT2D eigenvalue weighted by Crippen LogP contribution is -2.31. The summed E-state index contributed by atoms with van der Waals surface area (Å²) in [5.74, 6) is 2.66.